The average molecular weight is 415 g/mol. The SMILES string of the molecule is CCCCCCSc1nc2n(n1)[C@H](c1ccc(C)cc1)C(C(=O)OCC)=C(C)N2. The maximum Gasteiger partial charge on any atom is 0.338 e. The Balaban J connectivity index is 1.91. The van der Waals surface area contributed by atoms with Gasteiger partial charge in [0.05, 0.1) is 12.2 Å². The largest absolute Gasteiger partial charge is 0.463 e. The van der Waals surface area contributed by atoms with Gasteiger partial charge in [-0.25, -0.2) is 9.48 Å². The second kappa shape index (κ2) is 9.96. The first-order chi connectivity index (χ1) is 14.0. The topological polar surface area (TPSA) is 69.0 Å². The Labute approximate surface area is 177 Å². The highest BCUT2D eigenvalue weighted by Crippen LogP contribution is 2.36. The highest BCUT2D eigenvalue weighted by Gasteiger charge is 2.35. The van der Waals surface area contributed by atoms with E-state index in [1.165, 1.54) is 24.8 Å². The van der Waals surface area contributed by atoms with Gasteiger partial charge in [-0.1, -0.05) is 67.8 Å². The van der Waals surface area contributed by atoms with Crippen LogP contribution in [0.4, 0.5) is 5.95 Å². The molecule has 0 unspecified atom stereocenters. The minimum atomic E-state index is -0.354. The molecule has 2 aromatic rings. The average Bonchev–Trinajstić information content (AvgIpc) is 3.10. The summed E-state index contributed by atoms with van der Waals surface area (Å²) < 4.78 is 7.17. The predicted molar refractivity (Wildman–Crippen MR) is 117 cm³/mol. The van der Waals surface area contributed by atoms with Crippen molar-refractivity contribution >= 4 is 23.7 Å². The van der Waals surface area contributed by atoms with E-state index in [4.69, 9.17) is 9.84 Å². The first kappa shape index (κ1) is 21.4. The Hall–Kier alpha value is -2.28. The number of fused-ring (bicyclic) bond motifs is 1. The van der Waals surface area contributed by atoms with Gasteiger partial charge < -0.3 is 10.1 Å². The number of esters is 1. The molecule has 0 saturated carbocycles. The zero-order chi connectivity index (χ0) is 20.8. The van der Waals surface area contributed by atoms with E-state index >= 15 is 0 Å². The lowest BCUT2D eigenvalue weighted by atomic mass is 9.95. The van der Waals surface area contributed by atoms with Crippen LogP contribution in [0.15, 0.2) is 40.7 Å². The molecular weight excluding hydrogens is 384 g/mol. The Morgan fingerprint density at radius 2 is 1.93 bits per heavy atom. The summed E-state index contributed by atoms with van der Waals surface area (Å²) >= 11 is 1.67. The van der Waals surface area contributed by atoms with Crippen LogP contribution in [0, 0.1) is 6.92 Å². The number of allylic oxidation sites excluding steroid dienone is 1. The normalized spacial score (nSPS) is 15.8. The molecule has 1 aromatic carbocycles. The van der Waals surface area contributed by atoms with Crippen LogP contribution in [0.3, 0.4) is 0 Å². The Morgan fingerprint density at radius 1 is 1.17 bits per heavy atom. The molecule has 2 heterocycles. The van der Waals surface area contributed by atoms with E-state index < -0.39 is 0 Å². The van der Waals surface area contributed by atoms with Crippen LogP contribution < -0.4 is 5.32 Å². The van der Waals surface area contributed by atoms with Crippen molar-refractivity contribution in [3.63, 3.8) is 0 Å². The third-order valence-corrected chi connectivity index (χ3v) is 5.87. The molecule has 3 rings (SSSR count). The maximum absolute atomic E-state index is 12.8. The van der Waals surface area contributed by atoms with Crippen molar-refractivity contribution < 1.29 is 9.53 Å². The molecule has 1 aliphatic heterocycles. The lowest BCUT2D eigenvalue weighted by Gasteiger charge is -2.28. The summed E-state index contributed by atoms with van der Waals surface area (Å²) in [6.07, 6.45) is 4.87. The first-order valence-electron chi connectivity index (χ1n) is 10.4. The number of ether oxygens (including phenoxy) is 1. The van der Waals surface area contributed by atoms with Crippen molar-refractivity contribution in [2.24, 2.45) is 0 Å². The standard InChI is InChI=1S/C22H30N4O2S/c1-5-7-8-9-14-29-22-24-21-23-16(4)18(20(27)28-6-2)19(26(21)25-22)17-12-10-15(3)11-13-17/h10-13,19H,5-9,14H2,1-4H3,(H,23,24,25)/t19-/m1/s1. The second-order valence-electron chi connectivity index (χ2n) is 7.27. The molecule has 0 saturated heterocycles. The van der Waals surface area contributed by atoms with Crippen molar-refractivity contribution in [2.75, 3.05) is 17.7 Å². The van der Waals surface area contributed by atoms with Crippen molar-refractivity contribution in [1.29, 1.82) is 0 Å². The molecule has 1 atom stereocenters. The molecule has 1 aromatic heterocycles. The number of carbonyl (C=O) groups is 1. The van der Waals surface area contributed by atoms with Crippen molar-refractivity contribution in [2.45, 2.75) is 64.6 Å². The van der Waals surface area contributed by atoms with Crippen molar-refractivity contribution in [1.82, 2.24) is 14.8 Å². The van der Waals surface area contributed by atoms with Crippen LogP contribution in [0.5, 0.6) is 0 Å². The smallest absolute Gasteiger partial charge is 0.338 e. The molecule has 7 heteroatoms. The summed E-state index contributed by atoms with van der Waals surface area (Å²) in [4.78, 5) is 17.4. The fourth-order valence-electron chi connectivity index (χ4n) is 3.41. The van der Waals surface area contributed by atoms with Crippen LogP contribution in [0.25, 0.3) is 0 Å². The van der Waals surface area contributed by atoms with Crippen LogP contribution >= 0.6 is 11.8 Å². The van der Waals surface area contributed by atoms with Gasteiger partial charge in [0.15, 0.2) is 0 Å². The fraction of sp³-hybridized carbons (Fsp3) is 0.500. The third kappa shape index (κ3) is 5.01. The fourth-order valence-corrected chi connectivity index (χ4v) is 4.24. The highest BCUT2D eigenvalue weighted by atomic mass is 32.2. The number of anilines is 1. The zero-order valence-electron chi connectivity index (χ0n) is 17.7. The summed E-state index contributed by atoms with van der Waals surface area (Å²) in [5.74, 6) is 1.34. The number of benzene rings is 1. The lowest BCUT2D eigenvalue weighted by molar-refractivity contribution is -0.139. The molecule has 0 aliphatic carbocycles. The Kier molecular flexibility index (Phi) is 7.36. The van der Waals surface area contributed by atoms with Crippen LogP contribution in [-0.4, -0.2) is 33.1 Å². The van der Waals surface area contributed by atoms with E-state index in [0.717, 1.165) is 28.6 Å². The van der Waals surface area contributed by atoms with Crippen LogP contribution in [0.2, 0.25) is 0 Å². The molecule has 0 amide bonds. The van der Waals surface area contributed by atoms with E-state index in [-0.39, 0.29) is 12.0 Å². The summed E-state index contributed by atoms with van der Waals surface area (Å²) in [7, 11) is 0. The molecule has 1 N–H and O–H groups in total. The molecule has 0 fully saturated rings. The number of carbonyl (C=O) groups excluding carboxylic acids is 1. The number of nitrogens with zero attached hydrogens (tertiary/aromatic N) is 3. The predicted octanol–water partition coefficient (Wildman–Crippen LogP) is 5.11. The van der Waals surface area contributed by atoms with Gasteiger partial charge in [-0.3, -0.25) is 0 Å². The molecule has 29 heavy (non-hydrogen) atoms. The molecule has 156 valence electrons. The monoisotopic (exact) mass is 414 g/mol. The number of nitrogens with one attached hydrogen (secondary N) is 1. The molecular formula is C22H30N4O2S. The van der Waals surface area contributed by atoms with E-state index in [2.05, 4.69) is 29.4 Å². The minimum absolute atomic E-state index is 0.321. The molecule has 0 spiro atoms. The molecule has 6 nitrogen and oxygen atoms in total. The van der Waals surface area contributed by atoms with Gasteiger partial charge in [-0.15, -0.1) is 5.10 Å². The number of rotatable bonds is 9. The second-order valence-corrected chi connectivity index (χ2v) is 8.33. The van der Waals surface area contributed by atoms with E-state index in [1.807, 2.05) is 37.6 Å². The highest BCUT2D eigenvalue weighted by molar-refractivity contribution is 7.99. The number of aryl methyl sites for hydroxylation is 1. The number of unbranched alkanes of at least 4 members (excludes halogenated alkanes) is 3. The first-order valence-corrected chi connectivity index (χ1v) is 11.3. The quantitative estimate of drug-likeness (QED) is 0.349. The van der Waals surface area contributed by atoms with Gasteiger partial charge in [-0.2, -0.15) is 4.98 Å². The molecule has 0 radical (unpaired) electrons. The number of thioether (sulfide) groups is 1. The molecule has 0 bridgehead atoms. The van der Waals surface area contributed by atoms with Gasteiger partial charge in [0.1, 0.15) is 6.04 Å². The van der Waals surface area contributed by atoms with Gasteiger partial charge in [-0.05, 0) is 32.8 Å². The zero-order valence-corrected chi connectivity index (χ0v) is 18.5. The van der Waals surface area contributed by atoms with E-state index in [1.54, 1.807) is 11.8 Å². The summed E-state index contributed by atoms with van der Waals surface area (Å²) in [5.41, 5.74) is 3.49. The van der Waals surface area contributed by atoms with E-state index in [0.29, 0.717) is 18.1 Å². The summed E-state index contributed by atoms with van der Waals surface area (Å²) in [6.45, 7) is 8.31. The van der Waals surface area contributed by atoms with Crippen molar-refractivity contribution in [3.8, 4) is 0 Å². The van der Waals surface area contributed by atoms with Gasteiger partial charge in [0.2, 0.25) is 11.1 Å². The third-order valence-electron chi connectivity index (χ3n) is 4.95. The van der Waals surface area contributed by atoms with Gasteiger partial charge in [0.25, 0.3) is 0 Å². The number of aromatic nitrogens is 3. The minimum Gasteiger partial charge on any atom is -0.463 e. The number of hydrogen-bond acceptors (Lipinski definition) is 6. The van der Waals surface area contributed by atoms with Gasteiger partial charge >= 0.3 is 5.97 Å². The lowest BCUT2D eigenvalue weighted by Crippen LogP contribution is -2.29. The number of hydrogen-bond donors (Lipinski definition) is 1. The Bertz CT molecular complexity index is 873. The Morgan fingerprint density at radius 3 is 2.62 bits per heavy atom. The van der Waals surface area contributed by atoms with Crippen LogP contribution in [0.1, 0.15) is 63.6 Å². The summed E-state index contributed by atoms with van der Waals surface area (Å²) in [6, 6.07) is 7.83. The van der Waals surface area contributed by atoms with Gasteiger partial charge in [0, 0.05) is 11.4 Å². The van der Waals surface area contributed by atoms with Crippen LogP contribution in [-0.2, 0) is 9.53 Å². The van der Waals surface area contributed by atoms with Crippen molar-refractivity contribution in [3.05, 3.63) is 46.7 Å². The molecule has 1 aliphatic rings. The summed E-state index contributed by atoms with van der Waals surface area (Å²) in [5, 5.41) is 8.72. The maximum atomic E-state index is 12.8. The van der Waals surface area contributed by atoms with E-state index in [9.17, 15) is 4.79 Å².